The van der Waals surface area contributed by atoms with Crippen molar-refractivity contribution in [2.75, 3.05) is 6.26 Å². The summed E-state index contributed by atoms with van der Waals surface area (Å²) >= 11 is 5.87. The van der Waals surface area contributed by atoms with Gasteiger partial charge < -0.3 is 4.74 Å². The van der Waals surface area contributed by atoms with Crippen molar-refractivity contribution in [3.63, 3.8) is 0 Å². The lowest BCUT2D eigenvalue weighted by molar-refractivity contribution is -0.385. The molecule has 0 aliphatic rings. The molecule has 0 radical (unpaired) electrons. The smallest absolute Gasteiger partial charge is 0.282 e. The van der Waals surface area contributed by atoms with Crippen LogP contribution in [-0.4, -0.2) is 25.5 Å². The summed E-state index contributed by atoms with van der Waals surface area (Å²) in [7, 11) is -3.96. The SMILES string of the molecule is CS(=O)(=O)NC(=O)c1cc(Oc2ccc(C(F)F)cc2Cl)ccc1[N+](=O)[O-]. The van der Waals surface area contributed by atoms with Crippen LogP contribution in [0.2, 0.25) is 5.02 Å². The molecule has 0 saturated carbocycles. The van der Waals surface area contributed by atoms with E-state index in [1.54, 1.807) is 4.72 Å². The van der Waals surface area contributed by atoms with Crippen LogP contribution in [0.25, 0.3) is 0 Å². The zero-order valence-electron chi connectivity index (χ0n) is 13.5. The Labute approximate surface area is 156 Å². The maximum Gasteiger partial charge on any atom is 0.282 e. The second kappa shape index (κ2) is 7.84. The Morgan fingerprint density at radius 1 is 1.26 bits per heavy atom. The van der Waals surface area contributed by atoms with Gasteiger partial charge in [0.1, 0.15) is 17.1 Å². The first-order valence-corrected chi connectivity index (χ1v) is 9.31. The van der Waals surface area contributed by atoms with Gasteiger partial charge in [0.05, 0.1) is 16.2 Å². The van der Waals surface area contributed by atoms with E-state index >= 15 is 0 Å². The van der Waals surface area contributed by atoms with Crippen molar-refractivity contribution >= 4 is 33.2 Å². The quantitative estimate of drug-likeness (QED) is 0.563. The van der Waals surface area contributed by atoms with Crippen molar-refractivity contribution in [3.05, 3.63) is 62.7 Å². The van der Waals surface area contributed by atoms with E-state index in [0.29, 0.717) is 6.26 Å². The minimum atomic E-state index is -3.96. The number of nitrogens with zero attached hydrogens (tertiary/aromatic N) is 1. The molecule has 0 atom stereocenters. The molecule has 0 aromatic heterocycles. The van der Waals surface area contributed by atoms with Crippen LogP contribution in [0.5, 0.6) is 11.5 Å². The summed E-state index contributed by atoms with van der Waals surface area (Å²) < 4.78 is 54.7. The summed E-state index contributed by atoms with van der Waals surface area (Å²) in [4.78, 5) is 22.2. The highest BCUT2D eigenvalue weighted by molar-refractivity contribution is 7.89. The molecule has 0 heterocycles. The zero-order chi connectivity index (χ0) is 20.4. The fourth-order valence-electron chi connectivity index (χ4n) is 2.01. The molecule has 0 saturated heterocycles. The van der Waals surface area contributed by atoms with Crippen molar-refractivity contribution in [2.45, 2.75) is 6.43 Å². The standard InChI is InChI=1S/C15H11ClF2N2O6S/c1-27(24,25)19-15(21)10-7-9(3-4-12(10)20(22)23)26-13-5-2-8(14(17)18)6-11(13)16/h2-7,14H,1H3,(H,19,21). The first-order valence-electron chi connectivity index (χ1n) is 7.04. The lowest BCUT2D eigenvalue weighted by Crippen LogP contribution is -2.29. The predicted molar refractivity (Wildman–Crippen MR) is 91.9 cm³/mol. The molecular weight excluding hydrogens is 410 g/mol. The van der Waals surface area contributed by atoms with Gasteiger partial charge >= 0.3 is 0 Å². The molecule has 2 aromatic carbocycles. The monoisotopic (exact) mass is 420 g/mol. The summed E-state index contributed by atoms with van der Waals surface area (Å²) in [6, 6.07) is 6.26. The number of nitro groups is 1. The summed E-state index contributed by atoms with van der Waals surface area (Å²) in [6.07, 6.45) is -2.02. The lowest BCUT2D eigenvalue weighted by Gasteiger charge is -2.10. The number of hydrogen-bond acceptors (Lipinski definition) is 6. The average Bonchev–Trinajstić information content (AvgIpc) is 2.54. The third-order valence-corrected chi connectivity index (χ3v) is 3.97. The minimum absolute atomic E-state index is 0.0376. The van der Waals surface area contributed by atoms with Gasteiger partial charge in [-0.25, -0.2) is 21.9 Å². The normalized spacial score (nSPS) is 11.3. The molecule has 144 valence electrons. The van der Waals surface area contributed by atoms with E-state index in [2.05, 4.69) is 0 Å². The Morgan fingerprint density at radius 3 is 2.44 bits per heavy atom. The van der Waals surface area contributed by atoms with Crippen molar-refractivity contribution < 1.29 is 31.7 Å². The summed E-state index contributed by atoms with van der Waals surface area (Å²) in [6.45, 7) is 0. The Hall–Kier alpha value is -2.79. The Balaban J connectivity index is 2.40. The third kappa shape index (κ3) is 5.34. The summed E-state index contributed by atoms with van der Waals surface area (Å²) in [5, 5.41) is 10.9. The molecular formula is C15H11ClF2N2O6S. The minimum Gasteiger partial charge on any atom is -0.456 e. The van der Waals surface area contributed by atoms with Crippen LogP contribution >= 0.6 is 11.6 Å². The molecule has 27 heavy (non-hydrogen) atoms. The number of hydrogen-bond donors (Lipinski definition) is 1. The molecule has 0 aliphatic carbocycles. The number of benzene rings is 2. The van der Waals surface area contributed by atoms with E-state index < -0.39 is 38.5 Å². The lowest BCUT2D eigenvalue weighted by atomic mass is 10.1. The number of halogens is 3. The van der Waals surface area contributed by atoms with E-state index in [0.717, 1.165) is 30.3 Å². The second-order valence-corrected chi connectivity index (χ2v) is 7.39. The van der Waals surface area contributed by atoms with Crippen LogP contribution in [-0.2, 0) is 10.0 Å². The molecule has 1 N–H and O–H groups in total. The number of carbonyl (C=O) groups excluding carboxylic acids is 1. The zero-order valence-corrected chi connectivity index (χ0v) is 15.1. The van der Waals surface area contributed by atoms with Crippen molar-refractivity contribution in [1.29, 1.82) is 0 Å². The van der Waals surface area contributed by atoms with Gasteiger partial charge in [-0.1, -0.05) is 11.6 Å². The molecule has 1 amide bonds. The average molecular weight is 421 g/mol. The highest BCUT2D eigenvalue weighted by atomic mass is 35.5. The maximum atomic E-state index is 12.6. The highest BCUT2D eigenvalue weighted by Gasteiger charge is 2.23. The largest absolute Gasteiger partial charge is 0.456 e. The van der Waals surface area contributed by atoms with Gasteiger partial charge in [0.2, 0.25) is 10.0 Å². The third-order valence-electron chi connectivity index (χ3n) is 3.12. The van der Waals surface area contributed by atoms with Crippen LogP contribution in [0.15, 0.2) is 36.4 Å². The van der Waals surface area contributed by atoms with Crippen LogP contribution in [0.3, 0.4) is 0 Å². The van der Waals surface area contributed by atoms with Gasteiger partial charge in [0.15, 0.2) is 0 Å². The summed E-state index contributed by atoms with van der Waals surface area (Å²) in [5.74, 6) is -1.36. The molecule has 0 aliphatic heterocycles. The number of rotatable bonds is 6. The number of amides is 1. The number of ether oxygens (including phenoxy) is 1. The molecule has 0 spiro atoms. The van der Waals surface area contributed by atoms with Crippen molar-refractivity contribution in [3.8, 4) is 11.5 Å². The fourth-order valence-corrected chi connectivity index (χ4v) is 2.68. The first-order chi connectivity index (χ1) is 12.5. The number of nitrogens with one attached hydrogen (secondary N) is 1. The van der Waals surface area contributed by atoms with E-state index in [1.165, 1.54) is 6.07 Å². The fraction of sp³-hybridized carbons (Fsp3) is 0.133. The van der Waals surface area contributed by atoms with Crippen molar-refractivity contribution in [2.24, 2.45) is 0 Å². The molecule has 0 bridgehead atoms. The second-order valence-electron chi connectivity index (χ2n) is 5.23. The van der Waals surface area contributed by atoms with Gasteiger partial charge in [-0.2, -0.15) is 0 Å². The molecule has 8 nitrogen and oxygen atoms in total. The highest BCUT2D eigenvalue weighted by Crippen LogP contribution is 2.34. The molecule has 2 aromatic rings. The van der Waals surface area contributed by atoms with E-state index in [-0.39, 0.29) is 22.1 Å². The van der Waals surface area contributed by atoms with Crippen LogP contribution in [0.4, 0.5) is 14.5 Å². The topological polar surface area (TPSA) is 116 Å². The molecule has 12 heteroatoms. The molecule has 2 rings (SSSR count). The first kappa shape index (κ1) is 20.5. The Morgan fingerprint density at radius 2 is 1.93 bits per heavy atom. The number of carbonyl (C=O) groups is 1. The predicted octanol–water partition coefficient (Wildman–Crippen LogP) is 3.67. The number of alkyl halides is 2. The Kier molecular flexibility index (Phi) is 5.96. The van der Waals surface area contributed by atoms with E-state index in [1.807, 2.05) is 0 Å². The van der Waals surface area contributed by atoms with Gasteiger partial charge in [0, 0.05) is 17.7 Å². The molecule has 0 fully saturated rings. The maximum absolute atomic E-state index is 12.6. The van der Waals surface area contributed by atoms with Gasteiger partial charge in [-0.05, 0) is 24.3 Å². The van der Waals surface area contributed by atoms with Gasteiger partial charge in [-0.3, -0.25) is 14.9 Å². The molecule has 0 unspecified atom stereocenters. The Bertz CT molecular complexity index is 1010. The van der Waals surface area contributed by atoms with Crippen LogP contribution in [0.1, 0.15) is 22.3 Å². The van der Waals surface area contributed by atoms with Crippen LogP contribution < -0.4 is 9.46 Å². The van der Waals surface area contributed by atoms with Gasteiger partial charge in [0.25, 0.3) is 18.0 Å². The summed E-state index contributed by atoms with van der Waals surface area (Å²) in [5.41, 5.74) is -1.55. The number of sulfonamides is 1. The number of nitro benzene ring substituents is 1. The van der Waals surface area contributed by atoms with E-state index in [9.17, 15) is 32.1 Å². The van der Waals surface area contributed by atoms with Gasteiger partial charge in [-0.15, -0.1) is 0 Å². The van der Waals surface area contributed by atoms with E-state index in [4.69, 9.17) is 16.3 Å². The van der Waals surface area contributed by atoms with Crippen molar-refractivity contribution in [1.82, 2.24) is 4.72 Å². The van der Waals surface area contributed by atoms with Crippen LogP contribution in [0, 0.1) is 10.1 Å².